The number of carbonyl (C=O) groups is 1. The average molecular weight is 410 g/mol. The molecule has 4 rings (SSSR count). The molecule has 1 amide bonds. The molecule has 2 aromatic heterocycles. The van der Waals surface area contributed by atoms with Crippen LogP contribution in [0.2, 0.25) is 0 Å². The summed E-state index contributed by atoms with van der Waals surface area (Å²) in [5, 5.41) is 11.7. The fraction of sp³-hybridized carbons (Fsp3) is 0.333. The number of fused-ring (bicyclic) bond motifs is 1. The first-order valence-corrected chi connectivity index (χ1v) is 9.56. The van der Waals surface area contributed by atoms with Crippen molar-refractivity contribution < 1.29 is 13.6 Å². The summed E-state index contributed by atoms with van der Waals surface area (Å²) in [7, 11) is 3.43. The van der Waals surface area contributed by atoms with Gasteiger partial charge in [0.25, 0.3) is 5.91 Å². The molecule has 154 valence electrons. The summed E-state index contributed by atoms with van der Waals surface area (Å²) in [6.07, 6.45) is 2.43. The molecule has 3 aromatic rings. The summed E-state index contributed by atoms with van der Waals surface area (Å²) < 4.78 is 30.8. The predicted molar refractivity (Wildman–Crippen MR) is 109 cm³/mol. The van der Waals surface area contributed by atoms with Crippen molar-refractivity contribution in [3.05, 3.63) is 41.5 Å². The Bertz CT molecular complexity index is 1210. The second-order valence-electron chi connectivity index (χ2n) is 7.46. The zero-order valence-electron chi connectivity index (χ0n) is 16.8. The number of pyridine rings is 1. The van der Waals surface area contributed by atoms with Gasteiger partial charge in [0.15, 0.2) is 11.5 Å². The zero-order chi connectivity index (χ0) is 21.6. The molecule has 0 radical (unpaired) electrons. The molecule has 1 saturated carbocycles. The topological polar surface area (TPSA) is 86.8 Å². The molecule has 0 aliphatic heterocycles. The van der Waals surface area contributed by atoms with E-state index in [4.69, 9.17) is 5.26 Å². The van der Waals surface area contributed by atoms with E-state index in [1.54, 1.807) is 42.0 Å². The molecule has 1 aromatic carbocycles. The SMILES string of the molecule is CCc1cc(C#N)cc(F)c1N(C)c1cc2c(ncn2C)c(NC(=O)C2(F)CC2)n1. The van der Waals surface area contributed by atoms with Crippen LogP contribution in [0.5, 0.6) is 0 Å². The van der Waals surface area contributed by atoms with E-state index in [0.29, 0.717) is 28.8 Å². The van der Waals surface area contributed by atoms with Gasteiger partial charge < -0.3 is 14.8 Å². The number of aryl methyl sites for hydroxylation is 2. The van der Waals surface area contributed by atoms with Crippen LogP contribution in [0.4, 0.5) is 26.1 Å². The lowest BCUT2D eigenvalue weighted by atomic mass is 10.1. The Morgan fingerprint density at radius 3 is 2.77 bits per heavy atom. The molecule has 1 fully saturated rings. The highest BCUT2D eigenvalue weighted by Gasteiger charge is 2.51. The molecule has 0 spiro atoms. The van der Waals surface area contributed by atoms with E-state index in [2.05, 4.69) is 15.3 Å². The van der Waals surface area contributed by atoms with Gasteiger partial charge in [-0.05, 0) is 37.0 Å². The smallest absolute Gasteiger partial charge is 0.263 e. The van der Waals surface area contributed by atoms with Gasteiger partial charge in [-0.2, -0.15) is 5.26 Å². The first-order valence-electron chi connectivity index (χ1n) is 9.56. The van der Waals surface area contributed by atoms with Crippen molar-refractivity contribution in [2.75, 3.05) is 17.3 Å². The zero-order valence-corrected chi connectivity index (χ0v) is 16.8. The Balaban J connectivity index is 1.82. The minimum absolute atomic E-state index is 0.121. The van der Waals surface area contributed by atoms with Crippen LogP contribution in [0.3, 0.4) is 0 Å². The number of nitrogens with zero attached hydrogens (tertiary/aromatic N) is 5. The van der Waals surface area contributed by atoms with Crippen LogP contribution >= 0.6 is 0 Å². The minimum Gasteiger partial charge on any atom is -0.334 e. The van der Waals surface area contributed by atoms with Crippen LogP contribution < -0.4 is 10.2 Å². The highest BCUT2D eigenvalue weighted by Crippen LogP contribution is 2.41. The number of anilines is 3. The summed E-state index contributed by atoms with van der Waals surface area (Å²) in [6, 6.07) is 6.49. The van der Waals surface area contributed by atoms with E-state index in [0.717, 1.165) is 0 Å². The van der Waals surface area contributed by atoms with Gasteiger partial charge in [-0.1, -0.05) is 6.92 Å². The Kier molecular flexibility index (Phi) is 4.65. The van der Waals surface area contributed by atoms with Gasteiger partial charge in [0.1, 0.15) is 17.2 Å². The predicted octanol–water partition coefficient (Wildman–Crippen LogP) is 3.75. The summed E-state index contributed by atoms with van der Waals surface area (Å²) in [5.41, 5.74) is 0.377. The Morgan fingerprint density at radius 1 is 1.40 bits per heavy atom. The van der Waals surface area contributed by atoms with E-state index in [9.17, 15) is 13.6 Å². The lowest BCUT2D eigenvalue weighted by Crippen LogP contribution is -2.26. The van der Waals surface area contributed by atoms with E-state index >= 15 is 0 Å². The number of aromatic nitrogens is 3. The van der Waals surface area contributed by atoms with Crippen LogP contribution in [-0.2, 0) is 18.3 Å². The third kappa shape index (κ3) is 3.24. The maximum atomic E-state index is 14.9. The van der Waals surface area contributed by atoms with Crippen molar-refractivity contribution in [1.29, 1.82) is 5.26 Å². The Hall–Kier alpha value is -3.54. The molecule has 1 aliphatic carbocycles. The fourth-order valence-corrected chi connectivity index (χ4v) is 3.41. The van der Waals surface area contributed by atoms with E-state index in [1.807, 2.05) is 13.0 Å². The monoisotopic (exact) mass is 410 g/mol. The average Bonchev–Trinajstić information content (AvgIpc) is 3.38. The number of nitriles is 1. The lowest BCUT2D eigenvalue weighted by Gasteiger charge is -2.23. The number of hydrogen-bond donors (Lipinski definition) is 1. The number of carbonyl (C=O) groups excluding carboxylic acids is 1. The highest BCUT2D eigenvalue weighted by molar-refractivity contribution is 6.03. The van der Waals surface area contributed by atoms with Crippen molar-refractivity contribution in [3.8, 4) is 6.07 Å². The fourth-order valence-electron chi connectivity index (χ4n) is 3.41. The molecular weight excluding hydrogens is 390 g/mol. The minimum atomic E-state index is -1.86. The summed E-state index contributed by atoms with van der Waals surface area (Å²) in [6.45, 7) is 1.87. The molecule has 2 heterocycles. The van der Waals surface area contributed by atoms with Crippen molar-refractivity contribution in [1.82, 2.24) is 14.5 Å². The van der Waals surface area contributed by atoms with E-state index < -0.39 is 17.4 Å². The molecule has 0 bridgehead atoms. The molecule has 1 aliphatic rings. The highest BCUT2D eigenvalue weighted by atomic mass is 19.1. The van der Waals surface area contributed by atoms with Gasteiger partial charge in [-0.25, -0.2) is 18.7 Å². The number of alkyl halides is 1. The quantitative estimate of drug-likeness (QED) is 0.692. The lowest BCUT2D eigenvalue weighted by molar-refractivity contribution is -0.122. The van der Waals surface area contributed by atoms with Crippen LogP contribution in [0, 0.1) is 17.1 Å². The van der Waals surface area contributed by atoms with Crippen molar-refractivity contribution in [2.24, 2.45) is 7.05 Å². The summed E-state index contributed by atoms with van der Waals surface area (Å²) >= 11 is 0. The van der Waals surface area contributed by atoms with Gasteiger partial charge in [0, 0.05) is 20.2 Å². The number of halogens is 2. The maximum Gasteiger partial charge on any atom is 0.263 e. The number of rotatable bonds is 5. The number of benzene rings is 1. The first-order chi connectivity index (χ1) is 14.3. The first kappa shape index (κ1) is 19.8. The molecule has 1 N–H and O–H groups in total. The molecule has 0 atom stereocenters. The van der Waals surface area contributed by atoms with Crippen LogP contribution in [0.1, 0.15) is 30.9 Å². The molecule has 0 saturated heterocycles. The number of nitrogens with one attached hydrogen (secondary N) is 1. The summed E-state index contributed by atoms with van der Waals surface area (Å²) in [5.74, 6) is -0.827. The van der Waals surface area contributed by atoms with Crippen LogP contribution in [0.15, 0.2) is 24.5 Å². The van der Waals surface area contributed by atoms with Gasteiger partial charge in [0.05, 0.1) is 29.2 Å². The standard InChI is InChI=1S/C21H20F2N6O/c1-4-13-7-12(10-24)8-14(22)18(13)29(3)16-9-15-17(25-11-28(15)2)19(26-16)27-20(30)21(23)5-6-21/h7-9,11H,4-6H2,1-3H3,(H,26,27,30). The molecule has 30 heavy (non-hydrogen) atoms. The van der Waals surface area contributed by atoms with Gasteiger partial charge in [0.2, 0.25) is 0 Å². The van der Waals surface area contributed by atoms with Crippen molar-refractivity contribution in [3.63, 3.8) is 0 Å². The van der Waals surface area contributed by atoms with Crippen LogP contribution in [0.25, 0.3) is 11.0 Å². The summed E-state index contributed by atoms with van der Waals surface area (Å²) in [4.78, 5) is 22.5. The van der Waals surface area contributed by atoms with Gasteiger partial charge >= 0.3 is 0 Å². The van der Waals surface area contributed by atoms with E-state index in [1.165, 1.54) is 6.07 Å². The third-order valence-electron chi connectivity index (χ3n) is 5.36. The molecule has 7 nitrogen and oxygen atoms in total. The normalized spacial score (nSPS) is 14.4. The second kappa shape index (κ2) is 7.06. The molecule has 9 heteroatoms. The van der Waals surface area contributed by atoms with Crippen molar-refractivity contribution >= 4 is 34.3 Å². The number of hydrogen-bond acceptors (Lipinski definition) is 5. The largest absolute Gasteiger partial charge is 0.334 e. The van der Waals surface area contributed by atoms with Gasteiger partial charge in [-0.3, -0.25) is 4.79 Å². The van der Waals surface area contributed by atoms with Gasteiger partial charge in [-0.15, -0.1) is 0 Å². The number of imidazole rings is 1. The molecular formula is C21H20F2N6O. The number of amides is 1. The van der Waals surface area contributed by atoms with E-state index in [-0.39, 0.29) is 29.9 Å². The third-order valence-corrected chi connectivity index (χ3v) is 5.36. The maximum absolute atomic E-state index is 14.9. The van der Waals surface area contributed by atoms with Crippen LogP contribution in [-0.4, -0.2) is 33.2 Å². The van der Waals surface area contributed by atoms with Crippen molar-refractivity contribution in [2.45, 2.75) is 31.9 Å². The Morgan fingerprint density at radius 2 is 2.13 bits per heavy atom. The Labute approximate surface area is 172 Å². The second-order valence-corrected chi connectivity index (χ2v) is 7.46. The molecule has 0 unspecified atom stereocenters.